The Morgan fingerprint density at radius 1 is 1.47 bits per heavy atom. The number of benzene rings is 1. The number of carbonyl (C=O) groups excluding carboxylic acids is 1. The summed E-state index contributed by atoms with van der Waals surface area (Å²) in [5, 5.41) is 8.74. The number of hydrogen-bond acceptors (Lipinski definition) is 3. The van der Waals surface area contributed by atoms with Crippen LogP contribution in [0.5, 0.6) is 5.75 Å². The van der Waals surface area contributed by atoms with Crippen molar-refractivity contribution in [2.75, 3.05) is 26.8 Å². The van der Waals surface area contributed by atoms with E-state index in [1.54, 1.807) is 11.9 Å². The van der Waals surface area contributed by atoms with Crippen LogP contribution in [0.4, 0.5) is 0 Å². The second kappa shape index (κ2) is 6.57. The number of carbonyl (C=O) groups is 1. The fourth-order valence-electron chi connectivity index (χ4n) is 2.28. The van der Waals surface area contributed by atoms with E-state index in [0.717, 1.165) is 31.6 Å². The number of nitrogens with zero attached hydrogens (tertiary/aromatic N) is 1. The number of aliphatic hydroxyl groups excluding tert-OH is 1. The lowest BCUT2D eigenvalue weighted by molar-refractivity contribution is -0.130. The van der Waals surface area contributed by atoms with Crippen molar-refractivity contribution in [3.63, 3.8) is 0 Å². The van der Waals surface area contributed by atoms with Crippen LogP contribution in [0.1, 0.15) is 24.0 Å². The highest BCUT2D eigenvalue weighted by atomic mass is 16.5. The molecule has 1 amide bonds. The van der Waals surface area contributed by atoms with Gasteiger partial charge in [-0.15, -0.1) is 0 Å². The van der Waals surface area contributed by atoms with Gasteiger partial charge in [0, 0.05) is 20.0 Å². The third kappa shape index (κ3) is 3.70. The van der Waals surface area contributed by atoms with E-state index in [1.807, 2.05) is 6.07 Å². The molecule has 0 atom stereocenters. The first kappa shape index (κ1) is 13.9. The van der Waals surface area contributed by atoms with E-state index in [0.29, 0.717) is 6.54 Å². The van der Waals surface area contributed by atoms with Gasteiger partial charge in [0.05, 0.1) is 13.2 Å². The number of rotatable bonds is 5. The monoisotopic (exact) mass is 263 g/mol. The van der Waals surface area contributed by atoms with E-state index in [4.69, 9.17) is 9.84 Å². The van der Waals surface area contributed by atoms with Crippen LogP contribution in [0.3, 0.4) is 0 Å². The van der Waals surface area contributed by atoms with Gasteiger partial charge in [-0.3, -0.25) is 4.79 Å². The molecule has 2 rings (SSSR count). The lowest BCUT2D eigenvalue weighted by Crippen LogP contribution is -2.29. The van der Waals surface area contributed by atoms with Crippen LogP contribution in [0.15, 0.2) is 18.2 Å². The van der Waals surface area contributed by atoms with E-state index in [9.17, 15) is 4.79 Å². The summed E-state index contributed by atoms with van der Waals surface area (Å²) in [4.78, 5) is 13.2. The molecular weight excluding hydrogens is 242 g/mol. The predicted octanol–water partition coefficient (Wildman–Crippen LogP) is 1.39. The van der Waals surface area contributed by atoms with E-state index < -0.39 is 0 Å². The zero-order valence-electron chi connectivity index (χ0n) is 11.4. The Hall–Kier alpha value is -1.55. The van der Waals surface area contributed by atoms with E-state index in [-0.39, 0.29) is 18.9 Å². The van der Waals surface area contributed by atoms with Crippen molar-refractivity contribution in [3.8, 4) is 5.75 Å². The third-order valence-corrected chi connectivity index (χ3v) is 3.46. The lowest BCUT2D eigenvalue weighted by atomic mass is 10.0. The molecule has 0 aliphatic carbocycles. The number of likely N-dealkylation sites (N-methyl/N-ethyl adjacent to an activating group) is 1. The van der Waals surface area contributed by atoms with Crippen LogP contribution in [0, 0.1) is 0 Å². The van der Waals surface area contributed by atoms with Gasteiger partial charge in [0.15, 0.2) is 0 Å². The average Bonchev–Trinajstić information content (AvgIpc) is 2.44. The Labute approximate surface area is 114 Å². The highest BCUT2D eigenvalue weighted by Crippen LogP contribution is 2.25. The van der Waals surface area contributed by atoms with Crippen molar-refractivity contribution >= 4 is 5.91 Å². The normalized spacial score (nSPS) is 13.6. The maximum absolute atomic E-state index is 11.5. The second-order valence-corrected chi connectivity index (χ2v) is 4.93. The first-order valence-electron chi connectivity index (χ1n) is 6.80. The van der Waals surface area contributed by atoms with Crippen LogP contribution in [0.25, 0.3) is 0 Å². The second-order valence-electron chi connectivity index (χ2n) is 4.93. The van der Waals surface area contributed by atoms with Crippen LogP contribution < -0.4 is 4.74 Å². The van der Waals surface area contributed by atoms with Crippen molar-refractivity contribution in [2.45, 2.75) is 25.7 Å². The number of amides is 1. The fourth-order valence-corrected chi connectivity index (χ4v) is 2.28. The predicted molar refractivity (Wildman–Crippen MR) is 73.3 cm³/mol. The molecule has 0 fully saturated rings. The summed E-state index contributed by atoms with van der Waals surface area (Å²) < 4.78 is 5.58. The molecular formula is C15H21NO3. The van der Waals surface area contributed by atoms with Gasteiger partial charge >= 0.3 is 0 Å². The summed E-state index contributed by atoms with van der Waals surface area (Å²) in [6, 6.07) is 6.27. The Kier molecular flexibility index (Phi) is 4.80. The molecule has 1 aliphatic rings. The molecule has 1 aromatic rings. The highest BCUT2D eigenvalue weighted by Gasteiger charge is 2.12. The number of fused-ring (bicyclic) bond motifs is 1. The molecule has 4 heteroatoms. The minimum atomic E-state index is -0.0840. The van der Waals surface area contributed by atoms with Crippen molar-refractivity contribution < 1.29 is 14.6 Å². The number of aryl methyl sites for hydroxylation is 1. The molecule has 0 unspecified atom stereocenters. The van der Waals surface area contributed by atoms with Crippen LogP contribution in [-0.4, -0.2) is 42.7 Å². The summed E-state index contributed by atoms with van der Waals surface area (Å²) >= 11 is 0. The summed E-state index contributed by atoms with van der Waals surface area (Å²) in [5.74, 6) is 0.989. The maximum atomic E-state index is 11.5. The standard InChI is InChI=1S/C15H21NO3/c1-16(15(18)7-9-17)8-6-12-4-5-14-13(11-12)3-2-10-19-14/h4-5,11,17H,2-3,6-10H2,1H3. The van der Waals surface area contributed by atoms with Crippen molar-refractivity contribution in [2.24, 2.45) is 0 Å². The Balaban J connectivity index is 1.91. The van der Waals surface area contributed by atoms with Crippen molar-refractivity contribution in [1.82, 2.24) is 4.90 Å². The zero-order valence-corrected chi connectivity index (χ0v) is 11.4. The molecule has 1 heterocycles. The van der Waals surface area contributed by atoms with Gasteiger partial charge < -0.3 is 14.7 Å². The molecule has 1 aliphatic heterocycles. The molecule has 1 aromatic carbocycles. The summed E-state index contributed by atoms with van der Waals surface area (Å²) in [5.41, 5.74) is 2.50. The van der Waals surface area contributed by atoms with Crippen LogP contribution in [-0.2, 0) is 17.6 Å². The van der Waals surface area contributed by atoms with E-state index in [1.165, 1.54) is 11.1 Å². The molecule has 104 valence electrons. The fraction of sp³-hybridized carbons (Fsp3) is 0.533. The molecule has 0 aromatic heterocycles. The maximum Gasteiger partial charge on any atom is 0.224 e. The molecule has 0 spiro atoms. The summed E-state index contributed by atoms with van der Waals surface area (Å²) in [6.45, 7) is 1.41. The van der Waals surface area contributed by atoms with Crippen LogP contribution >= 0.6 is 0 Å². The number of aliphatic hydroxyl groups is 1. The molecule has 0 radical (unpaired) electrons. The topological polar surface area (TPSA) is 49.8 Å². The first-order valence-corrected chi connectivity index (χ1v) is 6.80. The molecule has 0 bridgehead atoms. The summed E-state index contributed by atoms with van der Waals surface area (Å²) in [6.07, 6.45) is 3.18. The first-order chi connectivity index (χ1) is 9.20. The Morgan fingerprint density at radius 3 is 3.11 bits per heavy atom. The van der Waals surface area contributed by atoms with Gasteiger partial charge in [0.25, 0.3) is 0 Å². The van der Waals surface area contributed by atoms with Gasteiger partial charge in [0.1, 0.15) is 5.75 Å². The smallest absolute Gasteiger partial charge is 0.224 e. The minimum absolute atomic E-state index is 0.0104. The van der Waals surface area contributed by atoms with E-state index in [2.05, 4.69) is 12.1 Å². The van der Waals surface area contributed by atoms with Gasteiger partial charge in [-0.1, -0.05) is 12.1 Å². The van der Waals surface area contributed by atoms with Crippen molar-refractivity contribution in [1.29, 1.82) is 0 Å². The largest absolute Gasteiger partial charge is 0.493 e. The van der Waals surface area contributed by atoms with Gasteiger partial charge in [-0.25, -0.2) is 0 Å². The lowest BCUT2D eigenvalue weighted by Gasteiger charge is -2.19. The minimum Gasteiger partial charge on any atom is -0.493 e. The van der Waals surface area contributed by atoms with E-state index >= 15 is 0 Å². The van der Waals surface area contributed by atoms with Gasteiger partial charge in [0.2, 0.25) is 5.91 Å². The molecule has 0 saturated heterocycles. The van der Waals surface area contributed by atoms with Crippen LogP contribution in [0.2, 0.25) is 0 Å². The SMILES string of the molecule is CN(CCc1ccc2c(c1)CCCO2)C(=O)CCO. The average molecular weight is 263 g/mol. The Morgan fingerprint density at radius 2 is 2.32 bits per heavy atom. The number of hydrogen-bond donors (Lipinski definition) is 1. The molecule has 19 heavy (non-hydrogen) atoms. The van der Waals surface area contributed by atoms with Crippen molar-refractivity contribution in [3.05, 3.63) is 29.3 Å². The molecule has 4 nitrogen and oxygen atoms in total. The highest BCUT2D eigenvalue weighted by molar-refractivity contribution is 5.75. The van der Waals surface area contributed by atoms with Gasteiger partial charge in [-0.05, 0) is 36.5 Å². The molecule has 0 saturated carbocycles. The molecule has 1 N–H and O–H groups in total. The Bertz CT molecular complexity index is 445. The number of ether oxygens (including phenoxy) is 1. The zero-order chi connectivity index (χ0) is 13.7. The summed E-state index contributed by atoms with van der Waals surface area (Å²) in [7, 11) is 1.78. The van der Waals surface area contributed by atoms with Gasteiger partial charge in [-0.2, -0.15) is 0 Å². The third-order valence-electron chi connectivity index (χ3n) is 3.46. The quantitative estimate of drug-likeness (QED) is 0.873.